The van der Waals surface area contributed by atoms with Gasteiger partial charge in [0.1, 0.15) is 11.5 Å². The van der Waals surface area contributed by atoms with Crippen LogP contribution in [0.5, 0.6) is 11.5 Å². The third-order valence-corrected chi connectivity index (χ3v) is 3.10. The van der Waals surface area contributed by atoms with Crippen LogP contribution in [0, 0.1) is 10.1 Å². The highest BCUT2D eigenvalue weighted by Gasteiger charge is 2.08. The summed E-state index contributed by atoms with van der Waals surface area (Å²) in [6.07, 6.45) is 1.34. The number of nitro benzene ring substituents is 1. The molecule has 0 saturated carbocycles. The lowest BCUT2D eigenvalue weighted by Crippen LogP contribution is -2.19. The number of carbonyl (C=O) groups is 1. The van der Waals surface area contributed by atoms with Crippen molar-refractivity contribution in [3.8, 4) is 11.5 Å². The molecule has 0 saturated heterocycles. The molecular formula is C16H15N3O5. The van der Waals surface area contributed by atoms with Crippen molar-refractivity contribution in [1.82, 2.24) is 5.43 Å². The Morgan fingerprint density at radius 2 is 2.17 bits per heavy atom. The second-order valence-corrected chi connectivity index (χ2v) is 4.82. The summed E-state index contributed by atoms with van der Waals surface area (Å²) in [6, 6.07) is 10.3. The van der Waals surface area contributed by atoms with Gasteiger partial charge in [0.15, 0.2) is 0 Å². The van der Waals surface area contributed by atoms with Gasteiger partial charge in [-0.2, -0.15) is 5.10 Å². The lowest BCUT2D eigenvalue weighted by atomic mass is 10.1. The Bertz CT molecular complexity index is 789. The molecule has 1 amide bonds. The number of non-ortho nitro benzene ring substituents is 1. The Morgan fingerprint density at radius 3 is 2.88 bits per heavy atom. The van der Waals surface area contributed by atoms with Crippen molar-refractivity contribution < 1.29 is 19.6 Å². The zero-order chi connectivity index (χ0) is 17.5. The van der Waals surface area contributed by atoms with Crippen molar-refractivity contribution in [2.45, 2.75) is 6.42 Å². The van der Waals surface area contributed by atoms with Crippen LogP contribution < -0.4 is 10.2 Å². The number of methoxy groups -OCH3 is 1. The van der Waals surface area contributed by atoms with E-state index in [1.165, 1.54) is 43.7 Å². The average molecular weight is 329 g/mol. The Balaban J connectivity index is 1.98. The molecule has 0 spiro atoms. The zero-order valence-electron chi connectivity index (χ0n) is 12.8. The van der Waals surface area contributed by atoms with Crippen molar-refractivity contribution in [3.63, 3.8) is 0 Å². The summed E-state index contributed by atoms with van der Waals surface area (Å²) >= 11 is 0. The Labute approximate surface area is 137 Å². The van der Waals surface area contributed by atoms with E-state index in [4.69, 9.17) is 4.74 Å². The third-order valence-electron chi connectivity index (χ3n) is 3.10. The van der Waals surface area contributed by atoms with Gasteiger partial charge < -0.3 is 9.84 Å². The highest BCUT2D eigenvalue weighted by Crippen LogP contribution is 2.22. The topological polar surface area (TPSA) is 114 Å². The van der Waals surface area contributed by atoms with Crippen LogP contribution in [0.4, 0.5) is 5.69 Å². The number of amides is 1. The Hall–Kier alpha value is -3.42. The normalized spacial score (nSPS) is 10.5. The number of hydrazone groups is 1. The highest BCUT2D eigenvalue weighted by molar-refractivity contribution is 5.86. The largest absolute Gasteiger partial charge is 0.508 e. The fourth-order valence-corrected chi connectivity index (χ4v) is 1.99. The monoisotopic (exact) mass is 329 g/mol. The van der Waals surface area contributed by atoms with E-state index in [-0.39, 0.29) is 17.9 Å². The lowest BCUT2D eigenvalue weighted by Gasteiger charge is -2.05. The van der Waals surface area contributed by atoms with E-state index >= 15 is 0 Å². The fraction of sp³-hybridized carbons (Fsp3) is 0.125. The van der Waals surface area contributed by atoms with Crippen LogP contribution in [0.2, 0.25) is 0 Å². The number of aromatic hydroxyl groups is 1. The van der Waals surface area contributed by atoms with Gasteiger partial charge in [-0.15, -0.1) is 0 Å². The van der Waals surface area contributed by atoms with Gasteiger partial charge in [-0.3, -0.25) is 14.9 Å². The van der Waals surface area contributed by atoms with Crippen LogP contribution >= 0.6 is 0 Å². The van der Waals surface area contributed by atoms with Crippen LogP contribution in [-0.2, 0) is 11.2 Å². The Morgan fingerprint density at radius 1 is 1.38 bits per heavy atom. The summed E-state index contributed by atoms with van der Waals surface area (Å²) in [4.78, 5) is 22.0. The van der Waals surface area contributed by atoms with Crippen LogP contribution in [0.1, 0.15) is 11.1 Å². The van der Waals surface area contributed by atoms with Crippen LogP contribution in [0.3, 0.4) is 0 Å². The number of nitrogens with one attached hydrogen (secondary N) is 1. The van der Waals surface area contributed by atoms with E-state index in [9.17, 15) is 20.0 Å². The maximum absolute atomic E-state index is 11.8. The summed E-state index contributed by atoms with van der Waals surface area (Å²) in [5.41, 5.74) is 3.35. The van der Waals surface area contributed by atoms with Crippen LogP contribution in [0.25, 0.3) is 0 Å². The molecule has 0 aromatic heterocycles. The number of phenols is 1. The molecule has 0 aliphatic carbocycles. The minimum Gasteiger partial charge on any atom is -0.508 e. The first kappa shape index (κ1) is 16.9. The number of nitrogens with zero attached hydrogens (tertiary/aromatic N) is 2. The molecule has 2 rings (SSSR count). The van der Waals surface area contributed by atoms with Crippen molar-refractivity contribution in [2.24, 2.45) is 5.10 Å². The van der Waals surface area contributed by atoms with Gasteiger partial charge in [0, 0.05) is 23.8 Å². The summed E-state index contributed by atoms with van der Waals surface area (Å²) in [5, 5.41) is 23.9. The highest BCUT2D eigenvalue weighted by atomic mass is 16.6. The number of benzene rings is 2. The van der Waals surface area contributed by atoms with E-state index in [2.05, 4.69) is 10.5 Å². The molecule has 0 radical (unpaired) electrons. The third kappa shape index (κ3) is 4.54. The molecule has 0 atom stereocenters. The second-order valence-electron chi connectivity index (χ2n) is 4.82. The number of ether oxygens (including phenoxy) is 1. The fourth-order valence-electron chi connectivity index (χ4n) is 1.99. The molecule has 8 nitrogen and oxygen atoms in total. The molecule has 2 aromatic carbocycles. The van der Waals surface area contributed by atoms with Crippen molar-refractivity contribution in [3.05, 3.63) is 63.7 Å². The predicted octanol–water partition coefficient (Wildman–Crippen LogP) is 2.00. The molecule has 0 fully saturated rings. The van der Waals surface area contributed by atoms with Crippen LogP contribution in [0.15, 0.2) is 47.6 Å². The summed E-state index contributed by atoms with van der Waals surface area (Å²) in [5.74, 6) is 0.0508. The van der Waals surface area contributed by atoms with Crippen LogP contribution in [-0.4, -0.2) is 29.3 Å². The molecule has 8 heteroatoms. The molecule has 0 heterocycles. The van der Waals surface area contributed by atoms with E-state index in [1.807, 2.05) is 0 Å². The molecule has 2 N–H and O–H groups in total. The first-order valence-electron chi connectivity index (χ1n) is 6.92. The van der Waals surface area contributed by atoms with E-state index < -0.39 is 10.8 Å². The minimum absolute atomic E-state index is 0.0360. The maximum atomic E-state index is 11.8. The molecule has 0 aliphatic rings. The number of nitro groups is 1. The summed E-state index contributed by atoms with van der Waals surface area (Å²) in [6.45, 7) is 0. The van der Waals surface area contributed by atoms with Gasteiger partial charge in [-0.05, 0) is 17.7 Å². The number of rotatable bonds is 6. The standard InChI is InChI=1S/C16H15N3O5/c1-24-15-9-14(20)6-5-12(15)10-17-18-16(21)8-11-3-2-4-13(7-11)19(22)23/h2-7,9-10,20H,8H2,1H3,(H,18,21)/b17-10+. The average Bonchev–Trinajstić information content (AvgIpc) is 2.56. The quantitative estimate of drug-likeness (QED) is 0.478. The molecule has 0 aliphatic heterocycles. The number of phenolic OH excluding ortho intramolecular Hbond substituents is 1. The minimum atomic E-state index is -0.517. The molecule has 0 unspecified atom stereocenters. The summed E-state index contributed by atoms with van der Waals surface area (Å²) < 4.78 is 5.09. The van der Waals surface area contributed by atoms with E-state index in [0.29, 0.717) is 16.9 Å². The van der Waals surface area contributed by atoms with E-state index in [0.717, 1.165) is 0 Å². The number of hydrogen-bond acceptors (Lipinski definition) is 6. The molecule has 24 heavy (non-hydrogen) atoms. The molecule has 124 valence electrons. The lowest BCUT2D eigenvalue weighted by molar-refractivity contribution is -0.384. The smallest absolute Gasteiger partial charge is 0.269 e. The first-order valence-corrected chi connectivity index (χ1v) is 6.92. The number of hydrogen-bond donors (Lipinski definition) is 2. The molecule has 2 aromatic rings. The van der Waals surface area contributed by atoms with Gasteiger partial charge in [0.25, 0.3) is 5.69 Å². The van der Waals surface area contributed by atoms with Crippen molar-refractivity contribution in [1.29, 1.82) is 0 Å². The van der Waals surface area contributed by atoms with Crippen molar-refractivity contribution in [2.75, 3.05) is 7.11 Å². The second kappa shape index (κ2) is 7.73. The summed E-state index contributed by atoms with van der Waals surface area (Å²) in [7, 11) is 1.45. The van der Waals surface area contributed by atoms with Gasteiger partial charge in [0.05, 0.1) is 24.7 Å². The van der Waals surface area contributed by atoms with Gasteiger partial charge in [-0.25, -0.2) is 5.43 Å². The Kier molecular flexibility index (Phi) is 5.45. The number of carbonyl (C=O) groups excluding carboxylic acids is 1. The van der Waals surface area contributed by atoms with Gasteiger partial charge >= 0.3 is 0 Å². The molecule has 0 bridgehead atoms. The predicted molar refractivity (Wildman–Crippen MR) is 87.2 cm³/mol. The van der Waals surface area contributed by atoms with Crippen molar-refractivity contribution >= 4 is 17.8 Å². The van der Waals surface area contributed by atoms with E-state index in [1.54, 1.807) is 12.1 Å². The molecular weight excluding hydrogens is 314 g/mol. The maximum Gasteiger partial charge on any atom is 0.269 e. The first-order chi connectivity index (χ1) is 11.5. The SMILES string of the molecule is COc1cc(O)ccc1/C=N/NC(=O)Cc1cccc([N+](=O)[O-])c1. The van der Waals surface area contributed by atoms with Gasteiger partial charge in [-0.1, -0.05) is 12.1 Å². The van der Waals surface area contributed by atoms with Gasteiger partial charge in [0.2, 0.25) is 5.91 Å². The zero-order valence-corrected chi connectivity index (χ0v) is 12.8.